The van der Waals surface area contributed by atoms with Gasteiger partial charge in [-0.15, -0.1) is 0 Å². The minimum atomic E-state index is -0.213. The van der Waals surface area contributed by atoms with E-state index in [0.29, 0.717) is 23.7 Å². The van der Waals surface area contributed by atoms with Crippen molar-refractivity contribution in [1.29, 1.82) is 0 Å². The van der Waals surface area contributed by atoms with Gasteiger partial charge in [0.15, 0.2) is 0 Å². The number of carbonyl (C=O) groups is 1. The molecule has 17 heavy (non-hydrogen) atoms. The fourth-order valence-electron chi connectivity index (χ4n) is 1.66. The van der Waals surface area contributed by atoms with Crippen molar-refractivity contribution in [2.24, 2.45) is 7.05 Å². The molecule has 0 fully saturated rings. The third-order valence-electron chi connectivity index (χ3n) is 2.68. The lowest BCUT2D eigenvalue weighted by Gasteiger charge is -2.16. The van der Waals surface area contributed by atoms with Crippen molar-refractivity contribution < 1.29 is 9.53 Å². The predicted octanol–water partition coefficient (Wildman–Crippen LogP) is 0.466. The van der Waals surface area contributed by atoms with Crippen LogP contribution in [0.15, 0.2) is 0 Å². The summed E-state index contributed by atoms with van der Waals surface area (Å²) in [6.07, 6.45) is 0.802. The summed E-state index contributed by atoms with van der Waals surface area (Å²) in [5.41, 5.74) is 7.31. The van der Waals surface area contributed by atoms with E-state index in [-0.39, 0.29) is 11.9 Å². The third kappa shape index (κ3) is 2.97. The molecule has 0 spiro atoms. The zero-order valence-electron chi connectivity index (χ0n) is 10.8. The molecule has 6 nitrogen and oxygen atoms in total. The van der Waals surface area contributed by atoms with Crippen molar-refractivity contribution in [3.05, 3.63) is 11.4 Å². The Morgan fingerprint density at radius 1 is 1.65 bits per heavy atom. The number of ether oxygens (including phenoxy) is 1. The SMILES string of the molecule is CCC(COC)NC(=O)c1c(N)c(C)nn1C. The summed E-state index contributed by atoms with van der Waals surface area (Å²) < 4.78 is 6.53. The molecule has 0 aliphatic rings. The Kier molecular flexibility index (Phi) is 4.51. The summed E-state index contributed by atoms with van der Waals surface area (Å²) in [6.45, 7) is 4.25. The number of rotatable bonds is 5. The number of nitrogens with two attached hydrogens (primary N) is 1. The topological polar surface area (TPSA) is 82.2 Å². The first-order valence-corrected chi connectivity index (χ1v) is 5.60. The van der Waals surface area contributed by atoms with Gasteiger partial charge in [0.2, 0.25) is 0 Å². The highest BCUT2D eigenvalue weighted by molar-refractivity contribution is 5.98. The maximum absolute atomic E-state index is 12.0. The van der Waals surface area contributed by atoms with Crippen LogP contribution >= 0.6 is 0 Å². The van der Waals surface area contributed by atoms with Crippen LogP contribution < -0.4 is 11.1 Å². The number of nitrogen functional groups attached to an aromatic ring is 1. The van der Waals surface area contributed by atoms with E-state index in [1.807, 2.05) is 6.92 Å². The molecule has 1 rings (SSSR count). The summed E-state index contributed by atoms with van der Waals surface area (Å²) in [4.78, 5) is 12.0. The number of hydrogen-bond acceptors (Lipinski definition) is 4. The summed E-state index contributed by atoms with van der Waals surface area (Å²) in [5, 5.41) is 6.98. The van der Waals surface area contributed by atoms with Gasteiger partial charge < -0.3 is 15.8 Å². The van der Waals surface area contributed by atoms with E-state index in [9.17, 15) is 4.79 Å². The van der Waals surface area contributed by atoms with Crippen LogP contribution in [0.1, 0.15) is 29.5 Å². The van der Waals surface area contributed by atoms with Crippen LogP contribution in [0.25, 0.3) is 0 Å². The fourth-order valence-corrected chi connectivity index (χ4v) is 1.66. The number of nitrogens with zero attached hydrogens (tertiary/aromatic N) is 2. The normalized spacial score (nSPS) is 12.5. The molecule has 1 aromatic rings. The van der Waals surface area contributed by atoms with E-state index >= 15 is 0 Å². The average molecular weight is 240 g/mol. The van der Waals surface area contributed by atoms with E-state index in [1.165, 1.54) is 4.68 Å². The van der Waals surface area contributed by atoms with Gasteiger partial charge in [0, 0.05) is 14.2 Å². The molecule has 1 unspecified atom stereocenters. The zero-order valence-corrected chi connectivity index (χ0v) is 10.8. The Morgan fingerprint density at radius 2 is 2.29 bits per heavy atom. The Balaban J connectivity index is 2.82. The molecule has 0 saturated heterocycles. The Labute approximate surface area is 101 Å². The number of amides is 1. The lowest BCUT2D eigenvalue weighted by molar-refractivity contribution is 0.0886. The van der Waals surface area contributed by atoms with Crippen molar-refractivity contribution >= 4 is 11.6 Å². The first-order chi connectivity index (χ1) is 8.01. The molecule has 0 aliphatic heterocycles. The number of nitrogens with one attached hydrogen (secondary N) is 1. The van der Waals surface area contributed by atoms with Crippen LogP contribution in [0.3, 0.4) is 0 Å². The molecule has 1 amide bonds. The van der Waals surface area contributed by atoms with Gasteiger partial charge in [0.1, 0.15) is 5.69 Å². The van der Waals surface area contributed by atoms with E-state index < -0.39 is 0 Å². The highest BCUT2D eigenvalue weighted by atomic mass is 16.5. The highest BCUT2D eigenvalue weighted by Crippen LogP contribution is 2.15. The van der Waals surface area contributed by atoms with E-state index in [0.717, 1.165) is 6.42 Å². The van der Waals surface area contributed by atoms with Gasteiger partial charge in [-0.3, -0.25) is 9.48 Å². The van der Waals surface area contributed by atoms with Gasteiger partial charge in [-0.2, -0.15) is 5.10 Å². The predicted molar refractivity (Wildman–Crippen MR) is 65.8 cm³/mol. The first kappa shape index (κ1) is 13.5. The Morgan fingerprint density at radius 3 is 2.71 bits per heavy atom. The summed E-state index contributed by atoms with van der Waals surface area (Å²) in [6, 6.07) is -0.0119. The zero-order chi connectivity index (χ0) is 13.0. The first-order valence-electron chi connectivity index (χ1n) is 5.60. The largest absolute Gasteiger partial charge is 0.395 e. The standard InChI is InChI=1S/C11H20N4O2/c1-5-8(6-17-4)13-11(16)10-9(12)7(2)14-15(10)3/h8H,5-6,12H2,1-4H3,(H,13,16). The van der Waals surface area contributed by atoms with Gasteiger partial charge in [0.25, 0.3) is 5.91 Å². The van der Waals surface area contributed by atoms with Gasteiger partial charge >= 0.3 is 0 Å². The number of aryl methyl sites for hydroxylation is 2. The summed E-state index contributed by atoms with van der Waals surface area (Å²) >= 11 is 0. The van der Waals surface area contributed by atoms with Crippen LogP contribution in [0.2, 0.25) is 0 Å². The van der Waals surface area contributed by atoms with E-state index in [2.05, 4.69) is 10.4 Å². The number of carbonyl (C=O) groups excluding carboxylic acids is 1. The Bertz CT molecular complexity index is 400. The lowest BCUT2D eigenvalue weighted by atomic mass is 10.2. The monoisotopic (exact) mass is 240 g/mol. The Hall–Kier alpha value is -1.56. The van der Waals surface area contributed by atoms with E-state index in [4.69, 9.17) is 10.5 Å². The number of anilines is 1. The molecule has 3 N–H and O–H groups in total. The second-order valence-corrected chi connectivity index (χ2v) is 4.01. The molecule has 6 heteroatoms. The maximum Gasteiger partial charge on any atom is 0.271 e. The van der Waals surface area contributed by atoms with Crippen LogP contribution in [0, 0.1) is 6.92 Å². The number of methoxy groups -OCH3 is 1. The van der Waals surface area contributed by atoms with Crippen LogP contribution in [0.5, 0.6) is 0 Å². The molecule has 0 aromatic carbocycles. The average Bonchev–Trinajstić information content (AvgIpc) is 2.52. The van der Waals surface area contributed by atoms with Gasteiger partial charge in [0.05, 0.1) is 24.0 Å². The van der Waals surface area contributed by atoms with E-state index in [1.54, 1.807) is 21.1 Å². The van der Waals surface area contributed by atoms with Crippen LogP contribution in [0.4, 0.5) is 5.69 Å². The molecule has 1 aromatic heterocycles. The molecule has 1 atom stereocenters. The molecule has 1 heterocycles. The van der Waals surface area contributed by atoms with Crippen molar-refractivity contribution in [2.75, 3.05) is 19.5 Å². The molecule has 0 bridgehead atoms. The molecule has 0 saturated carbocycles. The van der Waals surface area contributed by atoms with Gasteiger partial charge in [-0.1, -0.05) is 6.92 Å². The third-order valence-corrected chi connectivity index (χ3v) is 2.68. The summed E-state index contributed by atoms with van der Waals surface area (Å²) in [7, 11) is 3.31. The minimum absolute atomic E-state index is 0.0119. The van der Waals surface area contributed by atoms with Crippen LogP contribution in [-0.4, -0.2) is 35.4 Å². The second-order valence-electron chi connectivity index (χ2n) is 4.01. The molecular formula is C11H20N4O2. The van der Waals surface area contributed by atoms with Gasteiger partial charge in [-0.05, 0) is 13.3 Å². The lowest BCUT2D eigenvalue weighted by Crippen LogP contribution is -2.38. The number of aromatic nitrogens is 2. The fraction of sp³-hybridized carbons (Fsp3) is 0.636. The quantitative estimate of drug-likeness (QED) is 0.783. The smallest absolute Gasteiger partial charge is 0.271 e. The summed E-state index contributed by atoms with van der Waals surface area (Å²) in [5.74, 6) is -0.213. The molecule has 96 valence electrons. The molecule has 0 aliphatic carbocycles. The van der Waals surface area contributed by atoms with Crippen molar-refractivity contribution in [3.63, 3.8) is 0 Å². The molecule has 0 radical (unpaired) electrons. The van der Waals surface area contributed by atoms with Crippen molar-refractivity contribution in [1.82, 2.24) is 15.1 Å². The molecular weight excluding hydrogens is 220 g/mol. The van der Waals surface area contributed by atoms with Crippen molar-refractivity contribution in [3.8, 4) is 0 Å². The van der Waals surface area contributed by atoms with Crippen molar-refractivity contribution in [2.45, 2.75) is 26.3 Å². The maximum atomic E-state index is 12.0. The minimum Gasteiger partial charge on any atom is -0.395 e. The van der Waals surface area contributed by atoms with Crippen LogP contribution in [-0.2, 0) is 11.8 Å². The highest BCUT2D eigenvalue weighted by Gasteiger charge is 2.20. The van der Waals surface area contributed by atoms with Gasteiger partial charge in [-0.25, -0.2) is 0 Å². The number of hydrogen-bond donors (Lipinski definition) is 2. The second kappa shape index (κ2) is 5.67.